The number of nitrogens with one attached hydrogen (secondary N) is 1. The molecular weight excluding hydrogens is 448 g/mol. The van der Waals surface area contributed by atoms with Gasteiger partial charge in [0.1, 0.15) is 5.82 Å². The number of hydrazone groups is 1. The van der Waals surface area contributed by atoms with Gasteiger partial charge >= 0.3 is 0 Å². The van der Waals surface area contributed by atoms with Crippen LogP contribution in [0, 0.1) is 11.6 Å². The van der Waals surface area contributed by atoms with E-state index >= 15 is 0 Å². The molecule has 3 aromatic rings. The van der Waals surface area contributed by atoms with Gasteiger partial charge in [0, 0.05) is 28.1 Å². The molecular formula is C22H25F2N7OS. The highest BCUT2D eigenvalue weighted by atomic mass is 32.1. The predicted octanol–water partition coefficient (Wildman–Crippen LogP) is 2.93. The number of halogens is 2. The van der Waals surface area contributed by atoms with Gasteiger partial charge in [0.05, 0.1) is 18.4 Å². The Balaban J connectivity index is 1.73. The molecule has 11 heteroatoms. The van der Waals surface area contributed by atoms with Gasteiger partial charge in [-0.25, -0.2) is 15.2 Å². The molecule has 4 rings (SSSR count). The van der Waals surface area contributed by atoms with Crippen molar-refractivity contribution in [2.24, 2.45) is 16.8 Å². The highest BCUT2D eigenvalue weighted by Gasteiger charge is 2.24. The molecule has 7 N–H and O–H groups in total. The fourth-order valence-corrected chi connectivity index (χ4v) is 5.12. The van der Waals surface area contributed by atoms with Gasteiger partial charge in [-0.2, -0.15) is 9.49 Å². The number of nitrogen functional groups attached to an aromatic ring is 1. The van der Waals surface area contributed by atoms with E-state index in [1.54, 1.807) is 23.6 Å². The number of benzene rings is 1. The molecule has 0 spiro atoms. The Morgan fingerprint density at radius 2 is 2.09 bits per heavy atom. The topological polar surface area (TPSA) is 128 Å². The second kappa shape index (κ2) is 9.30. The SMILES string of the molecule is COc1ccc(N(N)/C(=N\N)c2cc(-c3cc4c(s3)CCNCC4C)cnc2N)c(F)c1F. The molecule has 2 aromatic heterocycles. The van der Waals surface area contributed by atoms with E-state index in [4.69, 9.17) is 22.2 Å². The molecule has 33 heavy (non-hydrogen) atoms. The molecule has 0 radical (unpaired) electrons. The lowest BCUT2D eigenvalue weighted by atomic mass is 10.0. The van der Waals surface area contributed by atoms with E-state index in [1.165, 1.54) is 29.7 Å². The van der Waals surface area contributed by atoms with E-state index in [9.17, 15) is 8.78 Å². The molecule has 0 aliphatic carbocycles. The minimum atomic E-state index is -1.20. The molecule has 0 fully saturated rings. The molecule has 3 heterocycles. The number of rotatable bonds is 4. The summed E-state index contributed by atoms with van der Waals surface area (Å²) in [7, 11) is 1.24. The number of nitrogens with two attached hydrogens (primary N) is 3. The van der Waals surface area contributed by atoms with Gasteiger partial charge in [0.25, 0.3) is 0 Å². The maximum absolute atomic E-state index is 14.6. The first-order valence-electron chi connectivity index (χ1n) is 10.3. The third-order valence-electron chi connectivity index (χ3n) is 5.65. The minimum Gasteiger partial charge on any atom is -0.494 e. The third-order valence-corrected chi connectivity index (χ3v) is 6.91. The Morgan fingerprint density at radius 3 is 2.82 bits per heavy atom. The molecule has 1 aliphatic rings. The summed E-state index contributed by atoms with van der Waals surface area (Å²) in [5.41, 5.74) is 8.21. The number of ether oxygens (including phenoxy) is 1. The fraction of sp³-hybridized carbons (Fsp3) is 0.273. The summed E-state index contributed by atoms with van der Waals surface area (Å²) in [6.45, 7) is 4.04. The van der Waals surface area contributed by atoms with Gasteiger partial charge in [-0.15, -0.1) is 11.3 Å². The van der Waals surface area contributed by atoms with Crippen molar-refractivity contribution < 1.29 is 13.5 Å². The number of anilines is 2. The summed E-state index contributed by atoms with van der Waals surface area (Å²) in [4.78, 5) is 6.62. The van der Waals surface area contributed by atoms with Gasteiger partial charge in [-0.1, -0.05) is 6.92 Å². The third kappa shape index (κ3) is 4.22. The predicted molar refractivity (Wildman–Crippen MR) is 127 cm³/mol. The van der Waals surface area contributed by atoms with Crippen LogP contribution in [0.25, 0.3) is 10.4 Å². The van der Waals surface area contributed by atoms with Crippen LogP contribution in [0.1, 0.15) is 28.8 Å². The molecule has 1 aromatic carbocycles. The van der Waals surface area contributed by atoms with Crippen LogP contribution in [0.5, 0.6) is 5.75 Å². The van der Waals surface area contributed by atoms with Crippen LogP contribution >= 0.6 is 11.3 Å². The first-order valence-corrected chi connectivity index (χ1v) is 11.1. The Kier molecular flexibility index (Phi) is 6.45. The number of amidine groups is 1. The van der Waals surface area contributed by atoms with Crippen molar-refractivity contribution >= 4 is 28.7 Å². The molecule has 1 atom stereocenters. The Morgan fingerprint density at radius 1 is 1.30 bits per heavy atom. The highest BCUT2D eigenvalue weighted by Crippen LogP contribution is 2.37. The van der Waals surface area contributed by atoms with Gasteiger partial charge < -0.3 is 21.6 Å². The summed E-state index contributed by atoms with van der Waals surface area (Å²) in [6, 6.07) is 6.43. The molecule has 1 aliphatic heterocycles. The Hall–Kier alpha value is -3.28. The average Bonchev–Trinajstić information content (AvgIpc) is 3.16. The average molecular weight is 474 g/mol. The lowest BCUT2D eigenvalue weighted by Gasteiger charge is -2.22. The summed E-state index contributed by atoms with van der Waals surface area (Å²) < 4.78 is 33.7. The molecule has 8 nitrogen and oxygen atoms in total. The number of aromatic nitrogens is 1. The molecule has 174 valence electrons. The maximum Gasteiger partial charge on any atom is 0.202 e. The van der Waals surface area contributed by atoms with Gasteiger partial charge in [-0.3, -0.25) is 5.01 Å². The monoisotopic (exact) mass is 473 g/mol. The van der Waals surface area contributed by atoms with Crippen LogP contribution in [0.2, 0.25) is 0 Å². The van der Waals surface area contributed by atoms with E-state index in [0.29, 0.717) is 11.5 Å². The van der Waals surface area contributed by atoms with Crippen LogP contribution in [-0.2, 0) is 6.42 Å². The number of fused-ring (bicyclic) bond motifs is 1. The molecule has 0 saturated heterocycles. The summed E-state index contributed by atoms with van der Waals surface area (Å²) in [5, 5.41) is 7.98. The van der Waals surface area contributed by atoms with Crippen molar-refractivity contribution in [2.45, 2.75) is 19.3 Å². The van der Waals surface area contributed by atoms with Crippen LogP contribution in [0.15, 0.2) is 35.6 Å². The largest absolute Gasteiger partial charge is 0.494 e. The number of hydrogen-bond donors (Lipinski definition) is 4. The Labute approximate surface area is 194 Å². The zero-order valence-electron chi connectivity index (χ0n) is 18.2. The summed E-state index contributed by atoms with van der Waals surface area (Å²) in [6.07, 6.45) is 2.61. The van der Waals surface area contributed by atoms with E-state index in [2.05, 4.69) is 28.4 Å². The van der Waals surface area contributed by atoms with Gasteiger partial charge in [0.15, 0.2) is 17.4 Å². The normalized spacial score (nSPS) is 16.3. The minimum absolute atomic E-state index is 0.0685. The van der Waals surface area contributed by atoms with Crippen LogP contribution in [0.4, 0.5) is 20.3 Å². The number of pyridine rings is 1. The van der Waals surface area contributed by atoms with Crippen molar-refractivity contribution in [3.8, 4) is 16.2 Å². The number of hydrogen-bond acceptors (Lipinski definition) is 8. The van der Waals surface area contributed by atoms with Crippen LogP contribution in [-0.4, -0.2) is 31.0 Å². The number of hydrazine groups is 1. The lowest BCUT2D eigenvalue weighted by molar-refractivity contribution is 0.372. The second-order valence-electron chi connectivity index (χ2n) is 7.74. The van der Waals surface area contributed by atoms with Crippen molar-refractivity contribution in [1.82, 2.24) is 10.3 Å². The fourth-order valence-electron chi connectivity index (χ4n) is 3.86. The first kappa shape index (κ1) is 22.9. The van der Waals surface area contributed by atoms with Gasteiger partial charge in [-0.05, 0) is 48.7 Å². The molecule has 0 amide bonds. The first-order chi connectivity index (χ1) is 15.8. The van der Waals surface area contributed by atoms with Crippen LogP contribution < -0.4 is 32.5 Å². The number of nitrogens with zero attached hydrogens (tertiary/aromatic N) is 3. The van der Waals surface area contributed by atoms with E-state index in [1.807, 2.05) is 0 Å². The zero-order chi connectivity index (χ0) is 23.7. The second-order valence-corrected chi connectivity index (χ2v) is 8.88. The van der Waals surface area contributed by atoms with Crippen molar-refractivity contribution in [3.63, 3.8) is 0 Å². The molecule has 1 unspecified atom stereocenters. The lowest BCUT2D eigenvalue weighted by Crippen LogP contribution is -2.40. The Bertz CT molecular complexity index is 1210. The number of thiophene rings is 1. The molecule has 0 saturated carbocycles. The van der Waals surface area contributed by atoms with Crippen molar-refractivity contribution in [2.75, 3.05) is 30.9 Å². The summed E-state index contributed by atoms with van der Waals surface area (Å²) >= 11 is 1.69. The number of methoxy groups -OCH3 is 1. The zero-order valence-corrected chi connectivity index (χ0v) is 19.0. The molecule has 0 bridgehead atoms. The van der Waals surface area contributed by atoms with Gasteiger partial charge in [0.2, 0.25) is 5.82 Å². The van der Waals surface area contributed by atoms with Crippen LogP contribution in [0.3, 0.4) is 0 Å². The van der Waals surface area contributed by atoms with Crippen molar-refractivity contribution in [3.05, 3.63) is 58.1 Å². The van der Waals surface area contributed by atoms with Crippen molar-refractivity contribution in [1.29, 1.82) is 0 Å². The van der Waals surface area contributed by atoms with E-state index in [0.717, 1.165) is 35.0 Å². The van der Waals surface area contributed by atoms with E-state index < -0.39 is 11.6 Å². The smallest absolute Gasteiger partial charge is 0.202 e. The quantitative estimate of drug-likeness (QED) is 0.199. The highest BCUT2D eigenvalue weighted by molar-refractivity contribution is 7.15. The standard InChI is InChI=1S/C22H25F2N7OS/c1-11-9-28-6-5-17-13(11)8-18(33-17)12-7-14(21(25)29-10-12)22(30-26)31(27)15-3-4-16(32-2)20(24)19(15)23/h3-4,7-8,10-11,28H,5-6,9,26-27H2,1-2H3,(H2,25,29)/b30-22-. The summed E-state index contributed by atoms with van der Waals surface area (Å²) in [5.74, 6) is 9.50. The maximum atomic E-state index is 14.6. The van der Waals surface area contributed by atoms with E-state index in [-0.39, 0.29) is 23.1 Å².